The molecule has 28 heavy (non-hydrogen) atoms. The summed E-state index contributed by atoms with van der Waals surface area (Å²) in [5.41, 5.74) is 4.74. The highest BCUT2D eigenvalue weighted by atomic mass is 32.2. The van der Waals surface area contributed by atoms with Crippen LogP contribution in [-0.2, 0) is 16.5 Å². The first-order chi connectivity index (χ1) is 13.7. The first-order valence-electron chi connectivity index (χ1n) is 8.90. The SMILES string of the molecule is O=[SH](=O)Cc1ccc(C2=C(c3ccccc3)C(C=S)c3ccccc3O2)cc1. The molecule has 3 aromatic rings. The van der Waals surface area contributed by atoms with E-state index in [1.54, 1.807) is 5.37 Å². The summed E-state index contributed by atoms with van der Waals surface area (Å²) in [5.74, 6) is 1.49. The van der Waals surface area contributed by atoms with Crippen molar-refractivity contribution >= 4 is 39.6 Å². The summed E-state index contributed by atoms with van der Waals surface area (Å²) in [7, 11) is -2.45. The molecule has 0 aliphatic carbocycles. The second-order valence-corrected chi connectivity index (χ2v) is 7.80. The maximum atomic E-state index is 11.0. The van der Waals surface area contributed by atoms with Crippen LogP contribution < -0.4 is 4.74 Å². The van der Waals surface area contributed by atoms with Crippen molar-refractivity contribution in [1.82, 2.24) is 0 Å². The molecule has 0 bridgehead atoms. The van der Waals surface area contributed by atoms with Gasteiger partial charge in [0, 0.05) is 22.6 Å². The molecular weight excluding hydrogens is 388 g/mol. The van der Waals surface area contributed by atoms with E-state index in [1.807, 2.05) is 66.7 Å². The molecule has 3 nitrogen and oxygen atoms in total. The van der Waals surface area contributed by atoms with Crippen LogP contribution in [0.3, 0.4) is 0 Å². The fourth-order valence-corrected chi connectivity index (χ4v) is 4.28. The zero-order chi connectivity index (χ0) is 19.5. The maximum Gasteiger partial charge on any atom is 0.144 e. The quantitative estimate of drug-likeness (QED) is 0.486. The Morgan fingerprint density at radius 1 is 0.857 bits per heavy atom. The predicted octanol–water partition coefficient (Wildman–Crippen LogP) is 4.84. The summed E-state index contributed by atoms with van der Waals surface area (Å²) < 4.78 is 28.3. The minimum absolute atomic E-state index is 0.0342. The Balaban J connectivity index is 1.89. The Hall–Kier alpha value is -2.76. The van der Waals surface area contributed by atoms with Gasteiger partial charge in [0.2, 0.25) is 0 Å². The lowest BCUT2D eigenvalue weighted by Gasteiger charge is -2.29. The first-order valence-corrected chi connectivity index (χ1v) is 10.7. The second-order valence-electron chi connectivity index (χ2n) is 6.55. The van der Waals surface area contributed by atoms with Gasteiger partial charge in [0.25, 0.3) is 0 Å². The van der Waals surface area contributed by atoms with E-state index in [0.29, 0.717) is 0 Å². The van der Waals surface area contributed by atoms with E-state index in [0.717, 1.165) is 39.3 Å². The summed E-state index contributed by atoms with van der Waals surface area (Å²) in [6, 6.07) is 25.4. The highest BCUT2D eigenvalue weighted by Gasteiger charge is 2.29. The van der Waals surface area contributed by atoms with Gasteiger partial charge in [-0.15, -0.1) is 0 Å². The van der Waals surface area contributed by atoms with Crippen molar-refractivity contribution in [3.8, 4) is 5.75 Å². The second kappa shape index (κ2) is 8.09. The van der Waals surface area contributed by atoms with Crippen molar-refractivity contribution in [1.29, 1.82) is 0 Å². The Bertz CT molecular complexity index is 1110. The molecule has 0 spiro atoms. The molecule has 140 valence electrons. The number of fused-ring (bicyclic) bond motifs is 1. The number of hydrogen-bond donors (Lipinski definition) is 1. The molecule has 0 N–H and O–H groups in total. The number of thiol groups is 1. The van der Waals surface area contributed by atoms with Crippen molar-refractivity contribution in [2.45, 2.75) is 11.7 Å². The highest BCUT2D eigenvalue weighted by molar-refractivity contribution is 7.79. The zero-order valence-electron chi connectivity index (χ0n) is 14.9. The van der Waals surface area contributed by atoms with E-state index in [9.17, 15) is 8.42 Å². The molecule has 0 radical (unpaired) electrons. The van der Waals surface area contributed by atoms with Crippen molar-refractivity contribution in [2.75, 3.05) is 0 Å². The number of allylic oxidation sites excluding steroid dienone is 1. The van der Waals surface area contributed by atoms with E-state index < -0.39 is 10.7 Å². The molecule has 5 heteroatoms. The summed E-state index contributed by atoms with van der Waals surface area (Å²) in [4.78, 5) is 0. The number of para-hydroxylation sites is 1. The average molecular weight is 407 g/mol. The van der Waals surface area contributed by atoms with E-state index in [-0.39, 0.29) is 11.7 Å². The number of thiocarbonyl (C=S) groups is 1. The third-order valence-electron chi connectivity index (χ3n) is 4.77. The monoisotopic (exact) mass is 406 g/mol. The largest absolute Gasteiger partial charge is 0.456 e. The zero-order valence-corrected chi connectivity index (χ0v) is 16.7. The van der Waals surface area contributed by atoms with Crippen molar-refractivity contribution in [3.63, 3.8) is 0 Å². The van der Waals surface area contributed by atoms with Gasteiger partial charge in [-0.1, -0.05) is 85.0 Å². The van der Waals surface area contributed by atoms with Gasteiger partial charge in [0.15, 0.2) is 0 Å². The third kappa shape index (κ3) is 3.63. The molecule has 0 saturated carbocycles. The fourth-order valence-electron chi connectivity index (χ4n) is 3.49. The molecule has 0 saturated heterocycles. The van der Waals surface area contributed by atoms with Gasteiger partial charge in [-0.25, -0.2) is 8.42 Å². The summed E-state index contributed by atoms with van der Waals surface area (Å²) in [6.45, 7) is 0. The first kappa shape index (κ1) is 18.6. The Morgan fingerprint density at radius 2 is 1.54 bits per heavy atom. The van der Waals surface area contributed by atoms with Gasteiger partial charge in [0.1, 0.15) is 22.2 Å². The fraction of sp³-hybridized carbons (Fsp3) is 0.0870. The van der Waals surface area contributed by atoms with Crippen LogP contribution >= 0.6 is 12.2 Å². The van der Waals surface area contributed by atoms with Crippen LogP contribution in [0.15, 0.2) is 78.9 Å². The van der Waals surface area contributed by atoms with E-state index in [4.69, 9.17) is 17.0 Å². The Morgan fingerprint density at radius 3 is 2.21 bits per heavy atom. The van der Waals surface area contributed by atoms with Crippen molar-refractivity contribution < 1.29 is 13.2 Å². The van der Waals surface area contributed by atoms with Gasteiger partial charge in [-0.05, 0) is 22.6 Å². The minimum Gasteiger partial charge on any atom is -0.456 e. The van der Waals surface area contributed by atoms with Crippen LogP contribution in [0.2, 0.25) is 0 Å². The van der Waals surface area contributed by atoms with Gasteiger partial charge >= 0.3 is 0 Å². The lowest BCUT2D eigenvalue weighted by Crippen LogP contribution is -2.15. The molecule has 1 heterocycles. The van der Waals surface area contributed by atoms with E-state index in [2.05, 4.69) is 12.1 Å². The summed E-state index contributed by atoms with van der Waals surface area (Å²) >= 11 is 5.41. The van der Waals surface area contributed by atoms with Crippen LogP contribution in [0.4, 0.5) is 0 Å². The average Bonchev–Trinajstić information content (AvgIpc) is 2.73. The normalized spacial score (nSPS) is 15.8. The maximum absolute atomic E-state index is 11.0. The molecule has 3 aromatic carbocycles. The van der Waals surface area contributed by atoms with Gasteiger partial charge in [-0.2, -0.15) is 0 Å². The van der Waals surface area contributed by atoms with Crippen molar-refractivity contribution in [3.05, 3.63) is 101 Å². The Kier molecular flexibility index (Phi) is 5.37. The molecular formula is C23H18O3S2. The van der Waals surface area contributed by atoms with Crippen LogP contribution in [0.25, 0.3) is 11.3 Å². The van der Waals surface area contributed by atoms with Crippen LogP contribution in [0, 0.1) is 0 Å². The molecule has 0 aromatic heterocycles. The van der Waals surface area contributed by atoms with Crippen LogP contribution in [0.1, 0.15) is 28.2 Å². The van der Waals surface area contributed by atoms with Crippen LogP contribution in [0.5, 0.6) is 5.75 Å². The van der Waals surface area contributed by atoms with Gasteiger partial charge < -0.3 is 4.74 Å². The number of rotatable bonds is 5. The van der Waals surface area contributed by atoms with E-state index >= 15 is 0 Å². The molecule has 1 aliphatic rings. The summed E-state index contributed by atoms with van der Waals surface area (Å²) in [6.07, 6.45) is 0. The van der Waals surface area contributed by atoms with Crippen molar-refractivity contribution in [2.24, 2.45) is 0 Å². The number of hydrogen-bond acceptors (Lipinski definition) is 4. The third-order valence-corrected chi connectivity index (χ3v) is 5.67. The number of ether oxygens (including phenoxy) is 1. The van der Waals surface area contributed by atoms with Gasteiger partial charge in [0.05, 0.1) is 5.75 Å². The van der Waals surface area contributed by atoms with E-state index in [1.165, 1.54) is 0 Å². The topological polar surface area (TPSA) is 43.4 Å². The molecule has 1 unspecified atom stereocenters. The predicted molar refractivity (Wildman–Crippen MR) is 117 cm³/mol. The lowest BCUT2D eigenvalue weighted by atomic mass is 9.83. The standard InChI is InChI=1S/C23H18O3S2/c24-28(25)15-16-10-12-18(13-11-16)23-22(17-6-2-1-3-7-17)20(14-27)19-8-4-5-9-21(19)26-23/h1-14,20,28H,15H2. The molecule has 4 rings (SSSR count). The highest BCUT2D eigenvalue weighted by Crippen LogP contribution is 2.45. The molecule has 0 fully saturated rings. The smallest absolute Gasteiger partial charge is 0.144 e. The van der Waals surface area contributed by atoms with Crippen LogP contribution in [-0.4, -0.2) is 13.8 Å². The molecule has 0 amide bonds. The Labute approximate surface area is 171 Å². The minimum atomic E-state index is -2.45. The number of benzene rings is 3. The van der Waals surface area contributed by atoms with Gasteiger partial charge in [-0.3, -0.25) is 0 Å². The molecule has 1 atom stereocenters. The summed E-state index contributed by atoms with van der Waals surface area (Å²) in [5, 5.41) is 1.78. The molecule has 1 aliphatic heterocycles. The lowest BCUT2D eigenvalue weighted by molar-refractivity contribution is 0.500.